The normalized spacial score (nSPS) is 16.5. The largest absolute Gasteiger partial charge is 0.370 e. The number of anilines is 1. The summed E-state index contributed by atoms with van der Waals surface area (Å²) in [5.74, 6) is 0. The zero-order valence-electron chi connectivity index (χ0n) is 14.4. The molecule has 2 aromatic rings. The maximum Gasteiger partial charge on any atom is 0.328 e. The van der Waals surface area contributed by atoms with Crippen LogP contribution in [0, 0.1) is 0 Å². The summed E-state index contributed by atoms with van der Waals surface area (Å²) in [6.45, 7) is 8.87. The summed E-state index contributed by atoms with van der Waals surface area (Å²) in [7, 11) is 3.76. The number of benzene rings is 1. The van der Waals surface area contributed by atoms with Crippen LogP contribution in [-0.4, -0.2) is 22.2 Å². The predicted octanol–water partition coefficient (Wildman–Crippen LogP) is 3.16. The molecule has 22 heavy (non-hydrogen) atoms. The van der Waals surface area contributed by atoms with Gasteiger partial charge in [0.15, 0.2) is 0 Å². The zero-order valence-corrected chi connectivity index (χ0v) is 14.4. The predicted molar refractivity (Wildman–Crippen MR) is 92.9 cm³/mol. The second-order valence-corrected chi connectivity index (χ2v) is 7.56. The van der Waals surface area contributed by atoms with E-state index in [1.165, 1.54) is 30.5 Å². The zero-order chi connectivity index (χ0) is 16.1. The van der Waals surface area contributed by atoms with Crippen molar-refractivity contribution in [1.29, 1.82) is 0 Å². The Bertz CT molecular complexity index is 755. The fourth-order valence-corrected chi connectivity index (χ4v) is 3.44. The molecule has 3 rings (SSSR count). The SMILES string of the molecule is Cn1c(=O)n(C)c2c(N3CCCCC3)cc(C(C)(C)C)cc21. The number of hydrogen-bond acceptors (Lipinski definition) is 2. The Morgan fingerprint density at radius 1 is 0.955 bits per heavy atom. The maximum atomic E-state index is 12.4. The van der Waals surface area contributed by atoms with E-state index in [-0.39, 0.29) is 11.1 Å². The van der Waals surface area contributed by atoms with Crippen LogP contribution in [0.3, 0.4) is 0 Å². The first-order chi connectivity index (χ1) is 10.3. The van der Waals surface area contributed by atoms with Crippen molar-refractivity contribution in [3.63, 3.8) is 0 Å². The van der Waals surface area contributed by atoms with Crippen LogP contribution in [-0.2, 0) is 19.5 Å². The van der Waals surface area contributed by atoms with E-state index in [1.54, 1.807) is 9.13 Å². The van der Waals surface area contributed by atoms with Gasteiger partial charge in [-0.1, -0.05) is 20.8 Å². The van der Waals surface area contributed by atoms with Crippen LogP contribution in [0.1, 0.15) is 45.6 Å². The summed E-state index contributed by atoms with van der Waals surface area (Å²) in [5, 5.41) is 0. The molecule has 1 fully saturated rings. The molecule has 1 aromatic carbocycles. The molecule has 0 atom stereocenters. The van der Waals surface area contributed by atoms with E-state index in [2.05, 4.69) is 37.8 Å². The van der Waals surface area contributed by atoms with Gasteiger partial charge in [-0.15, -0.1) is 0 Å². The summed E-state index contributed by atoms with van der Waals surface area (Å²) in [6, 6.07) is 4.48. The van der Waals surface area contributed by atoms with Crippen molar-refractivity contribution in [3.8, 4) is 0 Å². The van der Waals surface area contributed by atoms with Crippen molar-refractivity contribution in [2.24, 2.45) is 14.1 Å². The molecule has 0 bridgehead atoms. The topological polar surface area (TPSA) is 30.2 Å². The van der Waals surface area contributed by atoms with E-state index in [0.29, 0.717) is 0 Å². The molecule has 4 nitrogen and oxygen atoms in total. The summed E-state index contributed by atoms with van der Waals surface area (Å²) < 4.78 is 3.57. The third-order valence-corrected chi connectivity index (χ3v) is 4.90. The van der Waals surface area contributed by atoms with Gasteiger partial charge in [-0.3, -0.25) is 9.13 Å². The quantitative estimate of drug-likeness (QED) is 0.810. The molecule has 1 aromatic heterocycles. The van der Waals surface area contributed by atoms with Gasteiger partial charge in [0, 0.05) is 27.2 Å². The van der Waals surface area contributed by atoms with Crippen molar-refractivity contribution in [2.75, 3.05) is 18.0 Å². The summed E-state index contributed by atoms with van der Waals surface area (Å²) in [4.78, 5) is 14.9. The molecule has 0 aliphatic carbocycles. The highest BCUT2D eigenvalue weighted by Crippen LogP contribution is 2.34. The lowest BCUT2D eigenvalue weighted by Crippen LogP contribution is -2.30. The molecule has 0 N–H and O–H groups in total. The van der Waals surface area contributed by atoms with Crippen molar-refractivity contribution in [3.05, 3.63) is 28.2 Å². The molecule has 2 heterocycles. The second-order valence-electron chi connectivity index (χ2n) is 7.56. The molecule has 0 saturated carbocycles. The number of rotatable bonds is 1. The van der Waals surface area contributed by atoms with Gasteiger partial charge in [-0.2, -0.15) is 0 Å². The number of piperidine rings is 1. The molecule has 0 radical (unpaired) electrons. The molecular weight excluding hydrogens is 274 g/mol. The Kier molecular flexibility index (Phi) is 3.58. The number of aromatic nitrogens is 2. The van der Waals surface area contributed by atoms with E-state index in [4.69, 9.17) is 0 Å². The van der Waals surface area contributed by atoms with E-state index in [1.807, 2.05) is 14.1 Å². The Labute approximate surface area is 132 Å². The minimum Gasteiger partial charge on any atom is -0.370 e. The average Bonchev–Trinajstić information content (AvgIpc) is 2.71. The average molecular weight is 301 g/mol. The number of hydrogen-bond donors (Lipinski definition) is 0. The van der Waals surface area contributed by atoms with Crippen LogP contribution < -0.4 is 10.6 Å². The van der Waals surface area contributed by atoms with E-state index in [0.717, 1.165) is 24.1 Å². The minimum absolute atomic E-state index is 0.0549. The van der Waals surface area contributed by atoms with Crippen LogP contribution in [0.4, 0.5) is 5.69 Å². The van der Waals surface area contributed by atoms with Crippen molar-refractivity contribution in [1.82, 2.24) is 9.13 Å². The molecule has 1 aliphatic rings. The highest BCUT2D eigenvalue weighted by atomic mass is 16.1. The second kappa shape index (κ2) is 5.18. The Morgan fingerprint density at radius 3 is 2.18 bits per heavy atom. The highest BCUT2D eigenvalue weighted by Gasteiger charge is 2.23. The Morgan fingerprint density at radius 2 is 1.59 bits per heavy atom. The standard InChI is InChI=1S/C18H27N3O/c1-18(2,3)13-11-14-16(20(5)17(22)19(14)4)15(12-13)21-9-7-6-8-10-21/h11-12H,6-10H2,1-5H3. The first-order valence-corrected chi connectivity index (χ1v) is 8.25. The van der Waals surface area contributed by atoms with Crippen molar-refractivity contribution >= 4 is 16.7 Å². The van der Waals surface area contributed by atoms with Crippen LogP contribution in [0.25, 0.3) is 11.0 Å². The molecule has 1 saturated heterocycles. The first-order valence-electron chi connectivity index (χ1n) is 8.25. The van der Waals surface area contributed by atoms with Gasteiger partial charge in [0.05, 0.1) is 16.7 Å². The molecular formula is C18H27N3O. The van der Waals surface area contributed by atoms with E-state index < -0.39 is 0 Å². The third-order valence-electron chi connectivity index (χ3n) is 4.90. The van der Waals surface area contributed by atoms with E-state index in [9.17, 15) is 4.79 Å². The molecule has 0 amide bonds. The number of aryl methyl sites for hydroxylation is 2. The summed E-state index contributed by atoms with van der Waals surface area (Å²) in [5.41, 5.74) is 4.76. The molecule has 1 aliphatic heterocycles. The number of fused-ring (bicyclic) bond motifs is 1. The van der Waals surface area contributed by atoms with Crippen LogP contribution in [0.5, 0.6) is 0 Å². The van der Waals surface area contributed by atoms with Crippen LogP contribution in [0.2, 0.25) is 0 Å². The minimum atomic E-state index is 0.0549. The summed E-state index contributed by atoms with van der Waals surface area (Å²) >= 11 is 0. The van der Waals surface area contributed by atoms with E-state index >= 15 is 0 Å². The van der Waals surface area contributed by atoms with Gasteiger partial charge in [-0.05, 0) is 42.4 Å². The van der Waals surface area contributed by atoms with Crippen LogP contribution >= 0.6 is 0 Å². The lowest BCUT2D eigenvalue weighted by molar-refractivity contribution is 0.573. The van der Waals surface area contributed by atoms with Gasteiger partial charge < -0.3 is 4.90 Å². The summed E-state index contributed by atoms with van der Waals surface area (Å²) in [6.07, 6.45) is 3.79. The van der Waals surface area contributed by atoms with Gasteiger partial charge in [0.2, 0.25) is 0 Å². The van der Waals surface area contributed by atoms with Gasteiger partial charge >= 0.3 is 5.69 Å². The molecule has 0 spiro atoms. The number of nitrogens with zero attached hydrogens (tertiary/aromatic N) is 3. The van der Waals surface area contributed by atoms with Crippen molar-refractivity contribution < 1.29 is 0 Å². The van der Waals surface area contributed by atoms with Gasteiger partial charge in [0.1, 0.15) is 0 Å². The molecule has 120 valence electrons. The van der Waals surface area contributed by atoms with Crippen molar-refractivity contribution in [2.45, 2.75) is 45.4 Å². The maximum absolute atomic E-state index is 12.4. The fraction of sp³-hybridized carbons (Fsp3) is 0.611. The van der Waals surface area contributed by atoms with Gasteiger partial charge in [0.25, 0.3) is 0 Å². The molecule has 4 heteroatoms. The smallest absolute Gasteiger partial charge is 0.328 e. The lowest BCUT2D eigenvalue weighted by Gasteiger charge is -2.31. The van der Waals surface area contributed by atoms with Crippen LogP contribution in [0.15, 0.2) is 16.9 Å². The monoisotopic (exact) mass is 301 g/mol. The Balaban J connectivity index is 2.31. The first kappa shape index (κ1) is 15.2. The van der Waals surface area contributed by atoms with Gasteiger partial charge in [-0.25, -0.2) is 4.79 Å². The third kappa shape index (κ3) is 2.34. The molecule has 0 unspecified atom stereocenters. The Hall–Kier alpha value is -1.71. The number of imidazole rings is 1. The lowest BCUT2D eigenvalue weighted by atomic mass is 9.86. The highest BCUT2D eigenvalue weighted by molar-refractivity contribution is 5.91. The fourth-order valence-electron chi connectivity index (χ4n) is 3.44.